The SMILES string of the molecule is COCCn1cc(CC(=O)NC[C@@H](CN2Cc3ccccc3C2=O)c2ccccc2)c2ccccc21. The van der Waals surface area contributed by atoms with Gasteiger partial charge in [0.05, 0.1) is 13.0 Å². The Bertz CT molecular complexity index is 1360. The molecule has 5 rings (SSSR count). The van der Waals surface area contributed by atoms with Crippen LogP contribution in [0.25, 0.3) is 10.9 Å². The number of nitrogens with zero attached hydrogens (tertiary/aromatic N) is 2. The van der Waals surface area contributed by atoms with Gasteiger partial charge >= 0.3 is 0 Å². The maximum atomic E-state index is 13.1. The highest BCUT2D eigenvalue weighted by Gasteiger charge is 2.29. The maximum Gasteiger partial charge on any atom is 0.254 e. The van der Waals surface area contributed by atoms with Crippen LogP contribution in [0.1, 0.15) is 33.0 Å². The Morgan fingerprint density at radius 2 is 1.75 bits per heavy atom. The fraction of sp³-hybridized carbons (Fsp3) is 0.267. The number of amides is 2. The minimum Gasteiger partial charge on any atom is -0.383 e. The van der Waals surface area contributed by atoms with Crippen molar-refractivity contribution in [1.29, 1.82) is 0 Å². The molecule has 0 saturated carbocycles. The number of carbonyl (C=O) groups excluding carboxylic acids is 2. The fourth-order valence-electron chi connectivity index (χ4n) is 5.05. The molecule has 1 aliphatic rings. The third kappa shape index (κ3) is 5.04. The van der Waals surface area contributed by atoms with Crippen LogP contribution in [0.3, 0.4) is 0 Å². The molecule has 0 spiro atoms. The number of para-hydroxylation sites is 1. The van der Waals surface area contributed by atoms with E-state index < -0.39 is 0 Å². The summed E-state index contributed by atoms with van der Waals surface area (Å²) in [4.78, 5) is 27.9. The van der Waals surface area contributed by atoms with Crippen molar-refractivity contribution in [1.82, 2.24) is 14.8 Å². The van der Waals surface area contributed by atoms with Gasteiger partial charge in [-0.05, 0) is 28.8 Å². The van der Waals surface area contributed by atoms with E-state index in [-0.39, 0.29) is 17.7 Å². The van der Waals surface area contributed by atoms with Crippen LogP contribution in [0, 0.1) is 0 Å². The van der Waals surface area contributed by atoms with E-state index in [2.05, 4.69) is 40.3 Å². The molecule has 1 N–H and O–H groups in total. The number of rotatable bonds is 10. The zero-order chi connectivity index (χ0) is 24.9. The van der Waals surface area contributed by atoms with E-state index in [0.29, 0.717) is 32.7 Å². The minimum atomic E-state index is -0.0263. The number of methoxy groups -OCH3 is 1. The molecule has 2 amide bonds. The molecule has 36 heavy (non-hydrogen) atoms. The Morgan fingerprint density at radius 1 is 1.00 bits per heavy atom. The summed E-state index contributed by atoms with van der Waals surface area (Å²) in [6.07, 6.45) is 2.36. The smallest absolute Gasteiger partial charge is 0.254 e. The molecule has 0 saturated heterocycles. The largest absolute Gasteiger partial charge is 0.383 e. The van der Waals surface area contributed by atoms with Crippen molar-refractivity contribution in [3.63, 3.8) is 0 Å². The van der Waals surface area contributed by atoms with Crippen LogP contribution in [0.15, 0.2) is 85.1 Å². The van der Waals surface area contributed by atoms with Gasteiger partial charge in [-0.2, -0.15) is 0 Å². The van der Waals surface area contributed by atoms with Crippen LogP contribution in [0.2, 0.25) is 0 Å². The summed E-state index contributed by atoms with van der Waals surface area (Å²) >= 11 is 0. The summed E-state index contributed by atoms with van der Waals surface area (Å²) in [5.41, 5.74) is 5.05. The third-order valence-electron chi connectivity index (χ3n) is 6.91. The molecule has 2 heterocycles. The molecule has 0 radical (unpaired) electrons. The van der Waals surface area contributed by atoms with Crippen molar-refractivity contribution in [2.45, 2.75) is 25.4 Å². The average Bonchev–Trinajstić information content (AvgIpc) is 3.42. The first kappa shape index (κ1) is 23.8. The Balaban J connectivity index is 1.28. The van der Waals surface area contributed by atoms with E-state index in [4.69, 9.17) is 4.74 Å². The molecule has 0 unspecified atom stereocenters. The van der Waals surface area contributed by atoms with Gasteiger partial charge in [-0.1, -0.05) is 66.7 Å². The van der Waals surface area contributed by atoms with Crippen molar-refractivity contribution >= 4 is 22.7 Å². The molecule has 3 aromatic carbocycles. The predicted octanol–water partition coefficient (Wildman–Crippen LogP) is 4.39. The van der Waals surface area contributed by atoms with Crippen molar-refractivity contribution in [2.24, 2.45) is 0 Å². The molecule has 1 aliphatic heterocycles. The van der Waals surface area contributed by atoms with Crippen LogP contribution in [-0.2, 0) is 29.0 Å². The highest BCUT2D eigenvalue weighted by atomic mass is 16.5. The van der Waals surface area contributed by atoms with Gasteiger partial charge < -0.3 is 19.5 Å². The number of aromatic nitrogens is 1. The average molecular weight is 482 g/mol. The topological polar surface area (TPSA) is 63.6 Å². The molecule has 1 aromatic heterocycles. The number of hydrogen-bond acceptors (Lipinski definition) is 3. The summed E-state index contributed by atoms with van der Waals surface area (Å²) in [6.45, 7) is 2.97. The summed E-state index contributed by atoms with van der Waals surface area (Å²) in [5.74, 6) is 0.0276. The second-order valence-corrected chi connectivity index (χ2v) is 9.29. The van der Waals surface area contributed by atoms with E-state index in [1.165, 1.54) is 0 Å². The molecule has 0 aliphatic carbocycles. The zero-order valence-corrected chi connectivity index (χ0v) is 20.5. The van der Waals surface area contributed by atoms with Crippen molar-refractivity contribution in [3.05, 3.63) is 107 Å². The van der Waals surface area contributed by atoms with E-state index in [1.807, 2.05) is 59.5 Å². The zero-order valence-electron chi connectivity index (χ0n) is 20.5. The molecule has 6 nitrogen and oxygen atoms in total. The molecule has 6 heteroatoms. The minimum absolute atomic E-state index is 0.00328. The second kappa shape index (κ2) is 10.8. The summed E-state index contributed by atoms with van der Waals surface area (Å²) in [7, 11) is 1.69. The Morgan fingerprint density at radius 3 is 2.56 bits per heavy atom. The number of nitrogens with one attached hydrogen (secondary N) is 1. The lowest BCUT2D eigenvalue weighted by atomic mass is 9.98. The van der Waals surface area contributed by atoms with Crippen molar-refractivity contribution in [3.8, 4) is 0 Å². The molecular weight excluding hydrogens is 450 g/mol. The van der Waals surface area contributed by atoms with Gasteiger partial charge in [-0.3, -0.25) is 9.59 Å². The van der Waals surface area contributed by atoms with Gasteiger partial charge in [-0.15, -0.1) is 0 Å². The summed E-state index contributed by atoms with van der Waals surface area (Å²) in [6, 6.07) is 26.0. The number of ether oxygens (including phenoxy) is 1. The Labute approximate surface area is 211 Å². The van der Waals surface area contributed by atoms with E-state index >= 15 is 0 Å². The number of fused-ring (bicyclic) bond motifs is 2. The molecular formula is C30H31N3O3. The third-order valence-corrected chi connectivity index (χ3v) is 6.91. The van der Waals surface area contributed by atoms with Gasteiger partial charge in [-0.25, -0.2) is 0 Å². The van der Waals surface area contributed by atoms with Crippen LogP contribution in [-0.4, -0.2) is 48.1 Å². The number of benzene rings is 3. The molecule has 184 valence electrons. The standard InChI is InChI=1S/C30H31N3O3/c1-36-16-15-32-20-24(26-12-7-8-14-28(26)32)17-29(34)31-18-25(22-9-3-2-4-10-22)21-33-19-23-11-5-6-13-27(23)30(33)35/h2-14,20,25H,15-19,21H2,1H3,(H,31,34)/t25-/m0/s1. The summed E-state index contributed by atoms with van der Waals surface area (Å²) in [5, 5.41) is 4.23. The van der Waals surface area contributed by atoms with Crippen molar-refractivity contribution < 1.29 is 14.3 Å². The van der Waals surface area contributed by atoms with Gasteiger partial charge in [0, 0.05) is 61.9 Å². The maximum absolute atomic E-state index is 13.1. The van der Waals surface area contributed by atoms with Gasteiger partial charge in [0.25, 0.3) is 5.91 Å². The second-order valence-electron chi connectivity index (χ2n) is 9.29. The lowest BCUT2D eigenvalue weighted by Gasteiger charge is -2.24. The number of carbonyl (C=O) groups is 2. The first-order valence-electron chi connectivity index (χ1n) is 12.4. The molecule has 1 atom stereocenters. The van der Waals surface area contributed by atoms with Crippen LogP contribution in [0.5, 0.6) is 0 Å². The van der Waals surface area contributed by atoms with Gasteiger partial charge in [0.2, 0.25) is 5.91 Å². The highest BCUT2D eigenvalue weighted by Crippen LogP contribution is 2.26. The Kier molecular flexibility index (Phi) is 7.14. The van der Waals surface area contributed by atoms with E-state index in [9.17, 15) is 9.59 Å². The lowest BCUT2D eigenvalue weighted by molar-refractivity contribution is -0.120. The van der Waals surface area contributed by atoms with E-state index in [1.54, 1.807) is 7.11 Å². The summed E-state index contributed by atoms with van der Waals surface area (Å²) < 4.78 is 7.39. The molecule has 0 fully saturated rings. The van der Waals surface area contributed by atoms with Crippen LogP contribution < -0.4 is 5.32 Å². The molecule has 0 bridgehead atoms. The van der Waals surface area contributed by atoms with Crippen LogP contribution in [0.4, 0.5) is 0 Å². The van der Waals surface area contributed by atoms with Gasteiger partial charge in [0.15, 0.2) is 0 Å². The predicted molar refractivity (Wildman–Crippen MR) is 141 cm³/mol. The quantitative estimate of drug-likeness (QED) is 0.366. The highest BCUT2D eigenvalue weighted by molar-refractivity contribution is 5.98. The number of hydrogen-bond donors (Lipinski definition) is 1. The Hall–Kier alpha value is -3.90. The van der Waals surface area contributed by atoms with Crippen molar-refractivity contribution in [2.75, 3.05) is 26.8 Å². The first-order chi connectivity index (χ1) is 17.6. The van der Waals surface area contributed by atoms with Crippen LogP contribution >= 0.6 is 0 Å². The molecule has 4 aromatic rings. The van der Waals surface area contributed by atoms with E-state index in [0.717, 1.165) is 39.7 Å². The monoisotopic (exact) mass is 481 g/mol. The first-order valence-corrected chi connectivity index (χ1v) is 12.4. The fourth-order valence-corrected chi connectivity index (χ4v) is 5.05. The lowest BCUT2D eigenvalue weighted by Crippen LogP contribution is -2.36. The van der Waals surface area contributed by atoms with Gasteiger partial charge in [0.1, 0.15) is 0 Å². The normalized spacial score (nSPS) is 13.7.